The lowest BCUT2D eigenvalue weighted by molar-refractivity contribution is 0.0923. The molecule has 1 aliphatic rings. The third kappa shape index (κ3) is 3.07. The van der Waals surface area contributed by atoms with Gasteiger partial charge in [0.25, 0.3) is 5.91 Å². The van der Waals surface area contributed by atoms with Gasteiger partial charge < -0.3 is 5.32 Å². The minimum Gasteiger partial charge on any atom is -0.340 e. The van der Waals surface area contributed by atoms with Gasteiger partial charge in [-0.05, 0) is 42.9 Å². The molecule has 0 unspecified atom stereocenters. The second kappa shape index (κ2) is 5.99. The molecular weight excluding hydrogens is 264 g/mol. The lowest BCUT2D eigenvalue weighted by Crippen LogP contribution is -2.32. The van der Waals surface area contributed by atoms with Gasteiger partial charge >= 0.3 is 0 Å². The fourth-order valence-corrected chi connectivity index (χ4v) is 2.43. The van der Waals surface area contributed by atoms with Gasteiger partial charge in [0.15, 0.2) is 5.82 Å². The summed E-state index contributed by atoms with van der Waals surface area (Å²) in [6, 6.07) is 5.45. The summed E-state index contributed by atoms with van der Waals surface area (Å²) in [6.07, 6.45) is 8.06. The highest BCUT2D eigenvalue weighted by molar-refractivity contribution is 5.93. The van der Waals surface area contributed by atoms with E-state index in [2.05, 4.69) is 20.3 Å². The zero-order valence-electron chi connectivity index (χ0n) is 12.0. The lowest BCUT2D eigenvalue weighted by Gasteiger charge is -2.17. The summed E-state index contributed by atoms with van der Waals surface area (Å²) >= 11 is 0. The first-order valence-corrected chi connectivity index (χ1v) is 7.31. The summed E-state index contributed by atoms with van der Waals surface area (Å²) in [6.45, 7) is 2.02. The molecule has 1 atom stereocenters. The number of carbonyl (C=O) groups excluding carboxylic acids is 1. The number of hydrogen-bond donors (Lipinski definition) is 1. The van der Waals surface area contributed by atoms with E-state index < -0.39 is 0 Å². The Balaban J connectivity index is 1.82. The Kier molecular flexibility index (Phi) is 3.90. The van der Waals surface area contributed by atoms with Gasteiger partial charge in [-0.2, -0.15) is 0 Å². The summed E-state index contributed by atoms with van der Waals surface area (Å²) < 4.78 is 0. The van der Waals surface area contributed by atoms with Crippen LogP contribution in [0.5, 0.6) is 0 Å². The van der Waals surface area contributed by atoms with Crippen LogP contribution in [0.1, 0.15) is 47.7 Å². The second-order valence-corrected chi connectivity index (χ2v) is 5.26. The minimum absolute atomic E-state index is 0.120. The summed E-state index contributed by atoms with van der Waals surface area (Å²) in [7, 11) is 0. The molecule has 0 spiro atoms. The molecule has 1 aliphatic carbocycles. The second-order valence-electron chi connectivity index (χ2n) is 5.26. The number of aromatic nitrogens is 3. The molecule has 2 aromatic heterocycles. The zero-order valence-corrected chi connectivity index (χ0v) is 12.0. The normalized spacial score (nSPS) is 15.5. The third-order valence-corrected chi connectivity index (χ3v) is 3.73. The number of amides is 1. The molecule has 0 bridgehead atoms. The molecule has 2 aromatic rings. The molecule has 0 radical (unpaired) electrons. The summed E-state index contributed by atoms with van der Waals surface area (Å²) in [5.41, 5.74) is 1.46. The fourth-order valence-electron chi connectivity index (χ4n) is 2.43. The molecule has 3 rings (SSSR count). The van der Waals surface area contributed by atoms with E-state index >= 15 is 0 Å². The van der Waals surface area contributed by atoms with Gasteiger partial charge in [-0.1, -0.05) is 13.0 Å². The number of rotatable bonds is 5. The minimum atomic E-state index is -0.142. The number of nitrogens with zero attached hydrogens (tertiary/aromatic N) is 3. The van der Waals surface area contributed by atoms with Crippen LogP contribution in [0.3, 0.4) is 0 Å². The van der Waals surface area contributed by atoms with Crippen molar-refractivity contribution in [1.82, 2.24) is 20.3 Å². The standard InChI is InChI=1S/C16H18N4O/c1-2-11-5-3-8-17-14(11)16(21)20-13(12-6-7-12)15-18-9-4-10-19-15/h3-5,8-10,12-13H,2,6-7H2,1H3,(H,20,21)/t13-/m0/s1. The average molecular weight is 282 g/mol. The number of aryl methyl sites for hydroxylation is 1. The molecule has 2 heterocycles. The van der Waals surface area contributed by atoms with Crippen molar-refractivity contribution in [1.29, 1.82) is 0 Å². The highest BCUT2D eigenvalue weighted by Gasteiger charge is 2.35. The van der Waals surface area contributed by atoms with Crippen LogP contribution in [-0.2, 0) is 6.42 Å². The van der Waals surface area contributed by atoms with E-state index in [1.165, 1.54) is 0 Å². The Bertz CT molecular complexity index is 625. The maximum absolute atomic E-state index is 12.5. The molecule has 21 heavy (non-hydrogen) atoms. The van der Waals surface area contributed by atoms with Crippen LogP contribution in [0.15, 0.2) is 36.8 Å². The highest BCUT2D eigenvalue weighted by Crippen LogP contribution is 2.39. The quantitative estimate of drug-likeness (QED) is 0.913. The SMILES string of the molecule is CCc1cccnc1C(=O)N[C@H](c1ncccn1)C1CC1. The molecule has 5 heteroatoms. The van der Waals surface area contributed by atoms with Crippen molar-refractivity contribution in [3.8, 4) is 0 Å². The van der Waals surface area contributed by atoms with E-state index in [-0.39, 0.29) is 11.9 Å². The van der Waals surface area contributed by atoms with Gasteiger partial charge in [0, 0.05) is 18.6 Å². The van der Waals surface area contributed by atoms with E-state index in [0.29, 0.717) is 17.4 Å². The summed E-state index contributed by atoms with van der Waals surface area (Å²) in [5.74, 6) is 0.976. The van der Waals surface area contributed by atoms with Crippen molar-refractivity contribution in [3.05, 3.63) is 53.9 Å². The Hall–Kier alpha value is -2.30. The molecule has 0 aliphatic heterocycles. The van der Waals surface area contributed by atoms with Gasteiger partial charge in [-0.15, -0.1) is 0 Å². The topological polar surface area (TPSA) is 67.8 Å². The zero-order chi connectivity index (χ0) is 14.7. The molecule has 1 fully saturated rings. The highest BCUT2D eigenvalue weighted by atomic mass is 16.2. The van der Waals surface area contributed by atoms with Crippen LogP contribution in [0, 0.1) is 5.92 Å². The molecule has 1 amide bonds. The van der Waals surface area contributed by atoms with E-state index in [9.17, 15) is 4.79 Å². The van der Waals surface area contributed by atoms with Gasteiger partial charge in [0.05, 0.1) is 6.04 Å². The van der Waals surface area contributed by atoms with Gasteiger partial charge in [-0.3, -0.25) is 9.78 Å². The molecule has 1 N–H and O–H groups in total. The predicted octanol–water partition coefficient (Wildman–Crippen LogP) is 2.32. The molecule has 1 saturated carbocycles. The van der Waals surface area contributed by atoms with Gasteiger partial charge in [0.2, 0.25) is 0 Å². The Morgan fingerprint density at radius 3 is 2.62 bits per heavy atom. The number of carbonyl (C=O) groups is 1. The number of hydrogen-bond acceptors (Lipinski definition) is 4. The maximum Gasteiger partial charge on any atom is 0.270 e. The number of nitrogens with one attached hydrogen (secondary N) is 1. The Morgan fingerprint density at radius 1 is 1.24 bits per heavy atom. The van der Waals surface area contributed by atoms with Crippen LogP contribution in [0.25, 0.3) is 0 Å². The van der Waals surface area contributed by atoms with Crippen LogP contribution < -0.4 is 5.32 Å². The van der Waals surface area contributed by atoms with Crippen molar-refractivity contribution >= 4 is 5.91 Å². The van der Waals surface area contributed by atoms with E-state index in [4.69, 9.17) is 0 Å². The van der Waals surface area contributed by atoms with Gasteiger partial charge in [-0.25, -0.2) is 9.97 Å². The third-order valence-electron chi connectivity index (χ3n) is 3.73. The van der Waals surface area contributed by atoms with Crippen molar-refractivity contribution in [2.45, 2.75) is 32.2 Å². The first-order chi connectivity index (χ1) is 10.3. The first-order valence-electron chi connectivity index (χ1n) is 7.31. The molecule has 0 aromatic carbocycles. The monoisotopic (exact) mass is 282 g/mol. The van der Waals surface area contributed by atoms with E-state index in [0.717, 1.165) is 24.8 Å². The average Bonchev–Trinajstić information content (AvgIpc) is 3.38. The molecule has 0 saturated heterocycles. The van der Waals surface area contributed by atoms with Crippen molar-refractivity contribution in [3.63, 3.8) is 0 Å². The summed E-state index contributed by atoms with van der Waals surface area (Å²) in [5, 5.41) is 3.06. The smallest absolute Gasteiger partial charge is 0.270 e. The largest absolute Gasteiger partial charge is 0.340 e. The Labute approximate surface area is 123 Å². The predicted molar refractivity (Wildman–Crippen MR) is 78.6 cm³/mol. The molecule has 5 nitrogen and oxygen atoms in total. The van der Waals surface area contributed by atoms with Crippen molar-refractivity contribution in [2.75, 3.05) is 0 Å². The van der Waals surface area contributed by atoms with Crippen LogP contribution in [0.2, 0.25) is 0 Å². The fraction of sp³-hybridized carbons (Fsp3) is 0.375. The van der Waals surface area contributed by atoms with E-state index in [1.54, 1.807) is 24.7 Å². The number of pyridine rings is 1. The van der Waals surface area contributed by atoms with E-state index in [1.807, 2.05) is 19.1 Å². The van der Waals surface area contributed by atoms with Crippen molar-refractivity contribution in [2.24, 2.45) is 5.92 Å². The lowest BCUT2D eigenvalue weighted by atomic mass is 10.1. The van der Waals surface area contributed by atoms with Crippen molar-refractivity contribution < 1.29 is 4.79 Å². The summed E-state index contributed by atoms with van der Waals surface area (Å²) in [4.78, 5) is 25.3. The van der Waals surface area contributed by atoms with Crippen LogP contribution in [-0.4, -0.2) is 20.9 Å². The molecule has 108 valence electrons. The Morgan fingerprint density at radius 2 is 1.95 bits per heavy atom. The maximum atomic E-state index is 12.5. The molecular formula is C16H18N4O. The van der Waals surface area contributed by atoms with Crippen LogP contribution >= 0.6 is 0 Å². The first kappa shape index (κ1) is 13.7. The van der Waals surface area contributed by atoms with Gasteiger partial charge in [0.1, 0.15) is 5.69 Å². The van der Waals surface area contributed by atoms with Crippen LogP contribution in [0.4, 0.5) is 0 Å².